The quantitative estimate of drug-likeness (QED) is 0.148. The van der Waals surface area contributed by atoms with Crippen LogP contribution in [-0.2, 0) is 0 Å². The van der Waals surface area contributed by atoms with E-state index in [0.29, 0.717) is 0 Å². The topological polar surface area (TPSA) is 8.17 Å². The van der Waals surface area contributed by atoms with Gasteiger partial charge in [0.25, 0.3) is 0 Å². The monoisotopic (exact) mass is 820 g/mol. The van der Waals surface area contributed by atoms with Crippen LogP contribution in [0.15, 0.2) is 243 Å². The van der Waals surface area contributed by atoms with Crippen LogP contribution >= 0.6 is 11.3 Å². The van der Waals surface area contributed by atoms with Gasteiger partial charge in [-0.1, -0.05) is 182 Å². The molecular weight excluding hydrogens is 781 g/mol. The van der Waals surface area contributed by atoms with Crippen LogP contribution < -0.4 is 4.90 Å². The van der Waals surface area contributed by atoms with Gasteiger partial charge in [0, 0.05) is 53.6 Å². The Labute approximate surface area is 370 Å². The number of para-hydroxylation sites is 2. The molecule has 0 spiro atoms. The minimum atomic E-state index is 1.08. The maximum Gasteiger partial charge on any atom is 0.0562 e. The fourth-order valence-electron chi connectivity index (χ4n) is 9.59. The normalized spacial score (nSPS) is 11.5. The lowest BCUT2D eigenvalue weighted by molar-refractivity contribution is 1.18. The van der Waals surface area contributed by atoms with Crippen molar-refractivity contribution < 1.29 is 0 Å². The van der Waals surface area contributed by atoms with Crippen molar-refractivity contribution in [1.29, 1.82) is 0 Å². The van der Waals surface area contributed by atoms with E-state index >= 15 is 0 Å². The molecule has 0 bridgehead atoms. The summed E-state index contributed by atoms with van der Waals surface area (Å²) in [5, 5.41) is 5.01. The number of rotatable bonds is 8. The molecule has 296 valence electrons. The first-order valence-electron chi connectivity index (χ1n) is 21.5. The highest BCUT2D eigenvalue weighted by Crippen LogP contribution is 2.49. The Kier molecular flexibility index (Phi) is 9.06. The average molecular weight is 821 g/mol. The van der Waals surface area contributed by atoms with Crippen molar-refractivity contribution in [1.82, 2.24) is 4.57 Å². The molecule has 2 heterocycles. The van der Waals surface area contributed by atoms with Crippen molar-refractivity contribution in [3.05, 3.63) is 243 Å². The molecule has 63 heavy (non-hydrogen) atoms. The molecule has 0 radical (unpaired) electrons. The number of fused-ring (bicyclic) bond motifs is 6. The third-order valence-corrected chi connectivity index (χ3v) is 13.6. The summed E-state index contributed by atoms with van der Waals surface area (Å²) in [4.78, 5) is 2.49. The van der Waals surface area contributed by atoms with Crippen LogP contribution in [0.25, 0.3) is 92.2 Å². The van der Waals surface area contributed by atoms with Gasteiger partial charge in [0.1, 0.15) is 0 Å². The Morgan fingerprint density at radius 3 is 1.52 bits per heavy atom. The summed E-state index contributed by atoms with van der Waals surface area (Å²) >= 11 is 1.88. The highest BCUT2D eigenvalue weighted by atomic mass is 32.1. The maximum atomic E-state index is 2.49. The number of thiophene rings is 1. The molecule has 0 saturated heterocycles. The predicted molar refractivity (Wildman–Crippen MR) is 270 cm³/mol. The largest absolute Gasteiger partial charge is 0.310 e. The van der Waals surface area contributed by atoms with Crippen LogP contribution in [0, 0.1) is 0 Å². The van der Waals surface area contributed by atoms with Crippen molar-refractivity contribution >= 4 is 70.4 Å². The van der Waals surface area contributed by atoms with Crippen molar-refractivity contribution in [2.75, 3.05) is 4.90 Å². The Morgan fingerprint density at radius 2 is 0.841 bits per heavy atom. The summed E-state index contributed by atoms with van der Waals surface area (Å²) in [5.41, 5.74) is 16.3. The van der Waals surface area contributed by atoms with Gasteiger partial charge in [-0.05, 0) is 99.6 Å². The van der Waals surface area contributed by atoms with E-state index in [0.717, 1.165) is 28.3 Å². The second kappa shape index (κ2) is 15.5. The van der Waals surface area contributed by atoms with Gasteiger partial charge < -0.3 is 9.47 Å². The lowest BCUT2D eigenvalue weighted by atomic mass is 9.92. The average Bonchev–Trinajstić information content (AvgIpc) is 3.92. The number of benzene rings is 10. The van der Waals surface area contributed by atoms with E-state index in [1.54, 1.807) is 0 Å². The van der Waals surface area contributed by atoms with Crippen molar-refractivity contribution in [2.45, 2.75) is 0 Å². The zero-order chi connectivity index (χ0) is 41.7. The van der Waals surface area contributed by atoms with Crippen LogP contribution in [0.4, 0.5) is 17.1 Å². The molecule has 12 rings (SSSR count). The first-order valence-corrected chi connectivity index (χ1v) is 22.3. The lowest BCUT2D eigenvalue weighted by Gasteiger charge is -2.29. The van der Waals surface area contributed by atoms with Gasteiger partial charge in [0.2, 0.25) is 0 Å². The highest BCUT2D eigenvalue weighted by Gasteiger charge is 2.24. The molecular formula is C60H40N2S. The molecule has 10 aromatic carbocycles. The summed E-state index contributed by atoms with van der Waals surface area (Å²) < 4.78 is 5.02. The van der Waals surface area contributed by atoms with E-state index in [-0.39, 0.29) is 0 Å². The van der Waals surface area contributed by atoms with Crippen LogP contribution in [0.3, 0.4) is 0 Å². The molecule has 0 atom stereocenters. The molecule has 0 aliphatic rings. The second-order valence-corrected chi connectivity index (χ2v) is 17.1. The van der Waals surface area contributed by atoms with Crippen molar-refractivity contribution in [3.8, 4) is 50.2 Å². The van der Waals surface area contributed by atoms with E-state index < -0.39 is 0 Å². The van der Waals surface area contributed by atoms with Gasteiger partial charge in [0.05, 0.1) is 16.7 Å². The van der Waals surface area contributed by atoms with Gasteiger partial charge in [-0.25, -0.2) is 0 Å². The molecule has 0 aliphatic carbocycles. The summed E-state index contributed by atoms with van der Waals surface area (Å²) in [7, 11) is 0. The highest BCUT2D eigenvalue weighted by molar-refractivity contribution is 7.26. The summed E-state index contributed by atoms with van der Waals surface area (Å²) in [6.07, 6.45) is 0. The summed E-state index contributed by atoms with van der Waals surface area (Å²) in [6, 6.07) is 88.5. The minimum absolute atomic E-state index is 1.08. The molecule has 0 N–H and O–H groups in total. The van der Waals surface area contributed by atoms with Crippen molar-refractivity contribution in [2.24, 2.45) is 0 Å². The summed E-state index contributed by atoms with van der Waals surface area (Å²) in [6.45, 7) is 0. The van der Waals surface area contributed by atoms with E-state index in [1.165, 1.54) is 81.0 Å². The SMILES string of the molecule is c1ccc(-c2ccc(N(c3ccc(-c4cccc5c4sc4ccccc45)c(-c4ccccc4)c3)c3cccc4c3c3ccccc3n4-c3ccccc3)cc2-c2ccccc2)cc1. The minimum Gasteiger partial charge on any atom is -0.310 e. The van der Waals surface area contributed by atoms with Gasteiger partial charge in [-0.15, -0.1) is 11.3 Å². The van der Waals surface area contributed by atoms with E-state index in [1.807, 2.05) is 11.3 Å². The molecule has 0 amide bonds. The fraction of sp³-hybridized carbons (Fsp3) is 0. The molecule has 0 aliphatic heterocycles. The fourth-order valence-corrected chi connectivity index (χ4v) is 10.8. The van der Waals surface area contributed by atoms with Crippen LogP contribution in [0.2, 0.25) is 0 Å². The smallest absolute Gasteiger partial charge is 0.0562 e. The molecule has 0 unspecified atom stereocenters. The Balaban J connectivity index is 1.16. The van der Waals surface area contributed by atoms with Gasteiger partial charge in [-0.2, -0.15) is 0 Å². The van der Waals surface area contributed by atoms with Gasteiger partial charge >= 0.3 is 0 Å². The number of hydrogen-bond donors (Lipinski definition) is 0. The number of hydrogen-bond acceptors (Lipinski definition) is 2. The van der Waals surface area contributed by atoms with E-state index in [2.05, 4.69) is 252 Å². The zero-order valence-electron chi connectivity index (χ0n) is 34.4. The molecule has 0 fully saturated rings. The maximum absolute atomic E-state index is 2.49. The molecule has 3 heteroatoms. The van der Waals surface area contributed by atoms with Crippen LogP contribution in [0.5, 0.6) is 0 Å². The Bertz CT molecular complexity index is 3610. The second-order valence-electron chi connectivity index (χ2n) is 16.0. The Hall–Kier alpha value is -7.98. The summed E-state index contributed by atoms with van der Waals surface area (Å²) in [5.74, 6) is 0. The van der Waals surface area contributed by atoms with Gasteiger partial charge in [-0.3, -0.25) is 0 Å². The number of aromatic nitrogens is 1. The number of anilines is 3. The van der Waals surface area contributed by atoms with E-state index in [4.69, 9.17) is 0 Å². The third kappa shape index (κ3) is 6.33. The van der Waals surface area contributed by atoms with Crippen molar-refractivity contribution in [3.63, 3.8) is 0 Å². The first kappa shape index (κ1) is 36.8. The lowest BCUT2D eigenvalue weighted by Crippen LogP contribution is -2.11. The molecule has 2 aromatic heterocycles. The zero-order valence-corrected chi connectivity index (χ0v) is 35.2. The van der Waals surface area contributed by atoms with Gasteiger partial charge in [0.15, 0.2) is 0 Å². The first-order chi connectivity index (χ1) is 31.3. The third-order valence-electron chi connectivity index (χ3n) is 12.4. The molecule has 12 aromatic rings. The van der Waals surface area contributed by atoms with Crippen LogP contribution in [0.1, 0.15) is 0 Å². The number of nitrogens with zero attached hydrogens (tertiary/aromatic N) is 2. The van der Waals surface area contributed by atoms with Crippen LogP contribution in [-0.4, -0.2) is 4.57 Å². The molecule has 2 nitrogen and oxygen atoms in total. The standard InChI is InChI=1S/C60H40N2S/c1-5-19-41(20-6-1)47-37-35-45(39-53(47)42-21-7-2-8-22-42)61(56-32-18-33-57-59(56)52-28-13-15-31-55(52)62(57)44-25-11-4-12-26-44)46-36-38-48(54(40-46)43-23-9-3-10-24-43)50-29-17-30-51-49-27-14-16-34-58(49)63-60(50)51/h1-40H. The predicted octanol–water partition coefficient (Wildman–Crippen LogP) is 17.3. The molecule has 0 saturated carbocycles. The van der Waals surface area contributed by atoms with E-state index in [9.17, 15) is 0 Å². The Morgan fingerprint density at radius 1 is 0.333 bits per heavy atom.